The molecular formula is C11H9Cl3N4O2. The maximum Gasteiger partial charge on any atom is 0.287 e. The molecule has 0 aliphatic heterocycles. The Balaban J connectivity index is 2.11. The van der Waals surface area contributed by atoms with E-state index < -0.39 is 5.91 Å². The summed E-state index contributed by atoms with van der Waals surface area (Å²) < 4.78 is 6.79. The van der Waals surface area contributed by atoms with Crippen LogP contribution in [0.3, 0.4) is 0 Å². The number of nitrogen functional groups attached to an aromatic ring is 1. The number of rotatable bonds is 4. The molecule has 0 fully saturated rings. The highest BCUT2D eigenvalue weighted by Crippen LogP contribution is 2.28. The summed E-state index contributed by atoms with van der Waals surface area (Å²) in [4.78, 5) is 11.3. The lowest BCUT2D eigenvalue weighted by Crippen LogP contribution is -2.30. The van der Waals surface area contributed by atoms with Gasteiger partial charge in [0, 0.05) is 17.3 Å². The molecule has 2 rings (SSSR count). The van der Waals surface area contributed by atoms with Gasteiger partial charge in [-0.15, -0.1) is 0 Å². The van der Waals surface area contributed by atoms with Crippen molar-refractivity contribution in [2.45, 2.75) is 6.73 Å². The summed E-state index contributed by atoms with van der Waals surface area (Å²) in [5, 5.41) is 5.00. The molecule has 0 unspecified atom stereocenters. The first kappa shape index (κ1) is 14.9. The number of amides is 1. The smallest absolute Gasteiger partial charge is 0.287 e. The van der Waals surface area contributed by atoms with Gasteiger partial charge in [0.25, 0.3) is 5.91 Å². The van der Waals surface area contributed by atoms with Gasteiger partial charge >= 0.3 is 0 Å². The van der Waals surface area contributed by atoms with E-state index in [1.807, 2.05) is 5.43 Å². The molecule has 0 atom stereocenters. The van der Waals surface area contributed by atoms with Gasteiger partial charge in [0.05, 0.1) is 10.0 Å². The number of hydrogen-bond acceptors (Lipinski definition) is 4. The molecule has 1 aromatic carbocycles. The Bertz CT molecular complexity index is 645. The van der Waals surface area contributed by atoms with Gasteiger partial charge in [-0.1, -0.05) is 34.8 Å². The average molecular weight is 336 g/mol. The lowest BCUT2D eigenvalue weighted by molar-refractivity contribution is 0.0946. The second-order valence-corrected chi connectivity index (χ2v) is 4.94. The predicted molar refractivity (Wildman–Crippen MR) is 76.0 cm³/mol. The summed E-state index contributed by atoms with van der Waals surface area (Å²) in [7, 11) is 0. The topological polar surface area (TPSA) is 82.2 Å². The van der Waals surface area contributed by atoms with Crippen molar-refractivity contribution < 1.29 is 9.53 Å². The van der Waals surface area contributed by atoms with Crippen molar-refractivity contribution in [3.63, 3.8) is 0 Å². The number of nitrogens with one attached hydrogen (secondary N) is 1. The number of carbonyl (C=O) groups is 1. The summed E-state index contributed by atoms with van der Waals surface area (Å²) >= 11 is 17.6. The molecule has 1 aromatic heterocycles. The van der Waals surface area contributed by atoms with Crippen LogP contribution in [0.15, 0.2) is 24.4 Å². The largest absolute Gasteiger partial charge is 0.470 e. The average Bonchev–Trinajstić information content (AvgIpc) is 2.80. The molecule has 9 heteroatoms. The molecule has 0 aliphatic carbocycles. The third kappa shape index (κ3) is 3.34. The van der Waals surface area contributed by atoms with E-state index in [1.165, 1.54) is 10.9 Å². The van der Waals surface area contributed by atoms with Crippen molar-refractivity contribution in [2.24, 2.45) is 5.84 Å². The molecule has 0 radical (unpaired) electrons. The summed E-state index contributed by atoms with van der Waals surface area (Å²) in [6.45, 7) is 0.0115. The fourth-order valence-electron chi connectivity index (χ4n) is 1.41. The molecule has 0 spiro atoms. The van der Waals surface area contributed by atoms with Crippen LogP contribution in [0.25, 0.3) is 0 Å². The molecule has 1 amide bonds. The van der Waals surface area contributed by atoms with E-state index in [0.717, 1.165) is 0 Å². The quantitative estimate of drug-likeness (QED) is 0.511. The van der Waals surface area contributed by atoms with Crippen molar-refractivity contribution in [1.29, 1.82) is 0 Å². The van der Waals surface area contributed by atoms with Crippen LogP contribution in [0.5, 0.6) is 5.75 Å². The van der Waals surface area contributed by atoms with E-state index >= 15 is 0 Å². The number of ether oxygens (including phenoxy) is 1. The van der Waals surface area contributed by atoms with Gasteiger partial charge in [-0.2, -0.15) is 5.10 Å². The van der Waals surface area contributed by atoms with Gasteiger partial charge in [-0.3, -0.25) is 10.2 Å². The SMILES string of the molecule is NNC(=O)c1nn(COc2cc(Cl)ccc2Cl)cc1Cl. The summed E-state index contributed by atoms with van der Waals surface area (Å²) in [5.41, 5.74) is 1.96. The predicted octanol–water partition coefficient (Wildman–Crippen LogP) is 2.48. The van der Waals surface area contributed by atoms with E-state index in [1.54, 1.807) is 18.2 Å². The van der Waals surface area contributed by atoms with E-state index in [-0.39, 0.29) is 17.4 Å². The highest BCUT2D eigenvalue weighted by molar-refractivity contribution is 6.34. The Hall–Kier alpha value is -1.47. The van der Waals surface area contributed by atoms with Crippen LogP contribution in [0, 0.1) is 0 Å². The third-order valence-corrected chi connectivity index (χ3v) is 3.13. The molecular weight excluding hydrogens is 327 g/mol. The highest BCUT2D eigenvalue weighted by atomic mass is 35.5. The number of benzene rings is 1. The number of aromatic nitrogens is 2. The van der Waals surface area contributed by atoms with Crippen LogP contribution in [0.2, 0.25) is 15.1 Å². The number of hydrazine groups is 1. The zero-order chi connectivity index (χ0) is 14.7. The van der Waals surface area contributed by atoms with Crippen molar-refractivity contribution in [2.75, 3.05) is 0 Å². The Morgan fingerprint density at radius 3 is 2.80 bits per heavy atom. The van der Waals surface area contributed by atoms with Crippen LogP contribution in [-0.4, -0.2) is 15.7 Å². The van der Waals surface area contributed by atoms with Gasteiger partial charge < -0.3 is 4.74 Å². The second-order valence-electron chi connectivity index (χ2n) is 3.69. The Morgan fingerprint density at radius 2 is 2.10 bits per heavy atom. The third-order valence-electron chi connectivity index (χ3n) is 2.31. The number of carbonyl (C=O) groups excluding carboxylic acids is 1. The molecule has 106 valence electrons. The summed E-state index contributed by atoms with van der Waals surface area (Å²) in [6.07, 6.45) is 1.44. The molecule has 2 aromatic rings. The molecule has 0 saturated carbocycles. The highest BCUT2D eigenvalue weighted by Gasteiger charge is 2.14. The fraction of sp³-hybridized carbons (Fsp3) is 0.0909. The summed E-state index contributed by atoms with van der Waals surface area (Å²) in [6, 6.07) is 4.83. The fourth-order valence-corrected chi connectivity index (χ4v) is 1.98. The van der Waals surface area contributed by atoms with Gasteiger partial charge in [-0.25, -0.2) is 10.5 Å². The van der Waals surface area contributed by atoms with Crippen molar-refractivity contribution in [3.8, 4) is 5.75 Å². The molecule has 0 saturated heterocycles. The minimum atomic E-state index is -0.588. The molecule has 1 heterocycles. The first-order valence-corrected chi connectivity index (χ1v) is 6.46. The Labute approximate surface area is 129 Å². The first-order chi connectivity index (χ1) is 9.51. The van der Waals surface area contributed by atoms with E-state index in [9.17, 15) is 4.79 Å². The number of nitrogens with zero attached hydrogens (tertiary/aromatic N) is 2. The van der Waals surface area contributed by atoms with Gasteiger partial charge in [0.1, 0.15) is 5.75 Å². The Kier molecular flexibility index (Phi) is 4.72. The monoisotopic (exact) mass is 334 g/mol. The standard InChI is InChI=1S/C11H9Cl3N4O2/c12-6-1-2-7(13)9(3-6)20-5-18-4-8(14)10(17-18)11(19)16-15/h1-4H,5,15H2,(H,16,19). The minimum Gasteiger partial charge on any atom is -0.470 e. The lowest BCUT2D eigenvalue weighted by Gasteiger charge is -2.08. The zero-order valence-electron chi connectivity index (χ0n) is 9.94. The van der Waals surface area contributed by atoms with Crippen molar-refractivity contribution >= 4 is 40.7 Å². The van der Waals surface area contributed by atoms with E-state index in [0.29, 0.717) is 15.8 Å². The van der Waals surface area contributed by atoms with Crippen molar-refractivity contribution in [3.05, 3.63) is 45.2 Å². The van der Waals surface area contributed by atoms with Crippen LogP contribution >= 0.6 is 34.8 Å². The van der Waals surface area contributed by atoms with Gasteiger partial charge in [0.15, 0.2) is 12.4 Å². The molecule has 6 nitrogen and oxygen atoms in total. The minimum absolute atomic E-state index is 0.00922. The maximum absolute atomic E-state index is 11.3. The zero-order valence-corrected chi connectivity index (χ0v) is 12.2. The maximum atomic E-state index is 11.3. The Morgan fingerprint density at radius 1 is 1.35 bits per heavy atom. The van der Waals surface area contributed by atoms with E-state index in [2.05, 4.69) is 5.10 Å². The number of nitrogens with two attached hydrogens (primary N) is 1. The number of halogens is 3. The molecule has 0 bridgehead atoms. The molecule has 3 N–H and O–H groups in total. The first-order valence-electron chi connectivity index (χ1n) is 5.33. The van der Waals surface area contributed by atoms with Crippen LogP contribution in [0.4, 0.5) is 0 Å². The van der Waals surface area contributed by atoms with Crippen LogP contribution < -0.4 is 16.0 Å². The lowest BCUT2D eigenvalue weighted by atomic mass is 10.3. The number of hydrogen-bond donors (Lipinski definition) is 2. The normalized spacial score (nSPS) is 10.4. The molecule has 20 heavy (non-hydrogen) atoms. The molecule has 0 aliphatic rings. The van der Waals surface area contributed by atoms with Gasteiger partial charge in [-0.05, 0) is 12.1 Å². The van der Waals surface area contributed by atoms with E-state index in [4.69, 9.17) is 45.4 Å². The van der Waals surface area contributed by atoms with Crippen LogP contribution in [-0.2, 0) is 6.73 Å². The van der Waals surface area contributed by atoms with Crippen molar-refractivity contribution in [1.82, 2.24) is 15.2 Å². The summed E-state index contributed by atoms with van der Waals surface area (Å²) in [5.74, 6) is 4.82. The van der Waals surface area contributed by atoms with Gasteiger partial charge in [0.2, 0.25) is 0 Å². The van der Waals surface area contributed by atoms with Crippen LogP contribution in [0.1, 0.15) is 10.5 Å². The second kappa shape index (κ2) is 6.32.